The summed E-state index contributed by atoms with van der Waals surface area (Å²) in [5.74, 6) is -0.864. The summed E-state index contributed by atoms with van der Waals surface area (Å²) in [4.78, 5) is 38.4. The third-order valence-electron chi connectivity index (χ3n) is 16.5. The second-order valence-corrected chi connectivity index (χ2v) is 24.8. The maximum absolute atomic E-state index is 13.0. The molecule has 0 radical (unpaired) electrons. The smallest absolute Gasteiger partial charge is 0.306 e. The molecule has 0 fully saturated rings. The lowest BCUT2D eigenvalue weighted by Crippen LogP contribution is -2.30. The van der Waals surface area contributed by atoms with Crippen molar-refractivity contribution in [2.75, 3.05) is 13.2 Å². The summed E-state index contributed by atoms with van der Waals surface area (Å²) in [6.45, 7) is 6.65. The molecule has 0 aromatic carbocycles. The molecule has 0 spiro atoms. The summed E-state index contributed by atoms with van der Waals surface area (Å²) < 4.78 is 17.0. The average Bonchev–Trinajstić information content (AvgIpc) is 3.49. The zero-order valence-electron chi connectivity index (χ0n) is 55.7. The summed E-state index contributed by atoms with van der Waals surface area (Å²) in [5, 5.41) is 0. The number of carbonyl (C=O) groups excluding carboxylic acids is 3. The van der Waals surface area contributed by atoms with Gasteiger partial charge in [-0.05, 0) is 109 Å². The molecule has 0 saturated carbocycles. The van der Waals surface area contributed by atoms with Crippen molar-refractivity contribution in [3.05, 3.63) is 60.8 Å². The fourth-order valence-corrected chi connectivity index (χ4v) is 10.9. The average molecular weight is 1160 g/mol. The molecule has 0 aliphatic heterocycles. The van der Waals surface area contributed by atoms with Crippen LogP contribution < -0.4 is 0 Å². The highest BCUT2D eigenvalue weighted by molar-refractivity contribution is 5.71. The van der Waals surface area contributed by atoms with Gasteiger partial charge in [0.15, 0.2) is 6.10 Å². The van der Waals surface area contributed by atoms with E-state index in [2.05, 4.69) is 81.5 Å². The van der Waals surface area contributed by atoms with E-state index in [1.54, 1.807) is 0 Å². The highest BCUT2D eigenvalue weighted by Crippen LogP contribution is 2.18. The highest BCUT2D eigenvalue weighted by atomic mass is 16.6. The molecule has 0 rings (SSSR count). The highest BCUT2D eigenvalue weighted by Gasteiger charge is 2.19. The molecule has 83 heavy (non-hydrogen) atoms. The number of carbonyl (C=O) groups is 3. The van der Waals surface area contributed by atoms with Gasteiger partial charge >= 0.3 is 17.9 Å². The van der Waals surface area contributed by atoms with Crippen molar-refractivity contribution in [3.63, 3.8) is 0 Å². The van der Waals surface area contributed by atoms with Gasteiger partial charge in [0.1, 0.15) is 13.2 Å². The molecule has 1 atom stereocenters. The largest absolute Gasteiger partial charge is 0.462 e. The van der Waals surface area contributed by atoms with Gasteiger partial charge in [-0.15, -0.1) is 0 Å². The first-order chi connectivity index (χ1) is 41.0. The zero-order valence-corrected chi connectivity index (χ0v) is 55.7. The van der Waals surface area contributed by atoms with E-state index in [0.29, 0.717) is 19.3 Å². The van der Waals surface area contributed by atoms with Crippen molar-refractivity contribution in [2.24, 2.45) is 0 Å². The van der Waals surface area contributed by atoms with Crippen molar-refractivity contribution < 1.29 is 28.6 Å². The Labute approximate surface area is 517 Å². The molecule has 6 nitrogen and oxygen atoms in total. The third-order valence-corrected chi connectivity index (χ3v) is 16.5. The number of hydrogen-bond donors (Lipinski definition) is 0. The Bertz CT molecular complexity index is 1470. The molecule has 0 saturated heterocycles. The van der Waals surface area contributed by atoms with Gasteiger partial charge in [0.25, 0.3) is 0 Å². The summed E-state index contributed by atoms with van der Waals surface area (Å²) >= 11 is 0. The van der Waals surface area contributed by atoms with Crippen LogP contribution in [0.5, 0.6) is 0 Å². The predicted octanol–water partition coefficient (Wildman–Crippen LogP) is 25.5. The van der Waals surface area contributed by atoms with E-state index in [1.165, 1.54) is 276 Å². The van der Waals surface area contributed by atoms with Crippen LogP contribution in [0, 0.1) is 0 Å². The molecule has 6 heteroatoms. The Hall–Kier alpha value is -2.89. The van der Waals surface area contributed by atoms with Gasteiger partial charge in [-0.1, -0.05) is 326 Å². The number of esters is 3. The van der Waals surface area contributed by atoms with E-state index in [1.807, 2.05) is 0 Å². The maximum Gasteiger partial charge on any atom is 0.306 e. The fourth-order valence-electron chi connectivity index (χ4n) is 10.9. The Morgan fingerprint density at radius 2 is 0.434 bits per heavy atom. The molecule has 0 aromatic heterocycles. The number of rotatable bonds is 68. The summed E-state index contributed by atoms with van der Waals surface area (Å²) in [7, 11) is 0. The summed E-state index contributed by atoms with van der Waals surface area (Å²) in [6, 6.07) is 0. The summed E-state index contributed by atoms with van der Waals surface area (Å²) in [6.07, 6.45) is 92.6. The van der Waals surface area contributed by atoms with Gasteiger partial charge in [-0.2, -0.15) is 0 Å². The van der Waals surface area contributed by atoms with Gasteiger partial charge in [0, 0.05) is 19.3 Å². The molecule has 0 heterocycles. The van der Waals surface area contributed by atoms with Crippen molar-refractivity contribution in [1.82, 2.24) is 0 Å². The van der Waals surface area contributed by atoms with Gasteiger partial charge in [-0.3, -0.25) is 14.4 Å². The topological polar surface area (TPSA) is 78.9 Å². The van der Waals surface area contributed by atoms with Crippen molar-refractivity contribution >= 4 is 17.9 Å². The van der Waals surface area contributed by atoms with Gasteiger partial charge in [-0.25, -0.2) is 0 Å². The molecular weight excluding hydrogens is 1020 g/mol. The lowest BCUT2D eigenvalue weighted by Gasteiger charge is -2.18. The van der Waals surface area contributed by atoms with E-state index in [9.17, 15) is 14.4 Å². The minimum atomic E-state index is -0.780. The Morgan fingerprint density at radius 3 is 0.687 bits per heavy atom. The van der Waals surface area contributed by atoms with Crippen LogP contribution in [0.4, 0.5) is 0 Å². The van der Waals surface area contributed by atoms with E-state index in [4.69, 9.17) is 14.2 Å². The monoisotopic (exact) mass is 1160 g/mol. The van der Waals surface area contributed by atoms with E-state index in [0.717, 1.165) is 77.0 Å². The normalized spacial score (nSPS) is 12.4. The first-order valence-electron chi connectivity index (χ1n) is 36.8. The maximum atomic E-state index is 13.0. The van der Waals surface area contributed by atoms with Crippen molar-refractivity contribution in [2.45, 2.75) is 399 Å². The molecular formula is C77H140O6. The van der Waals surface area contributed by atoms with Crippen LogP contribution in [0.15, 0.2) is 60.8 Å². The molecule has 484 valence electrons. The molecule has 0 aromatic rings. The number of hydrogen-bond acceptors (Lipinski definition) is 6. The molecule has 0 aliphatic carbocycles. The van der Waals surface area contributed by atoms with Crippen molar-refractivity contribution in [3.8, 4) is 0 Å². The summed E-state index contributed by atoms with van der Waals surface area (Å²) in [5.41, 5.74) is 0. The first-order valence-corrected chi connectivity index (χ1v) is 36.8. The Morgan fingerprint density at radius 1 is 0.241 bits per heavy atom. The quantitative estimate of drug-likeness (QED) is 0.0261. The minimum Gasteiger partial charge on any atom is -0.462 e. The minimum absolute atomic E-state index is 0.0746. The third kappa shape index (κ3) is 69.8. The SMILES string of the molecule is CCCCCC/C=C\CCCCCCCC(=O)OCC(COC(=O)CCCCCCCCCCCCCCCCCCCCC/C=C\C/C=C\CCCCCCC)OC(=O)CCCCCCCCCCC/C=C\C/C=C\CCCCCCC. The standard InChI is InChI=1S/C77H140O6/c1-4-7-10-13-16-19-22-25-27-29-31-33-34-35-36-37-38-39-40-41-42-44-45-47-49-52-55-58-61-64-67-70-76(79)82-73-74(72-81-75(78)69-66-63-60-57-54-51-24-21-18-15-12-9-6-3)83-77(80)71-68-65-62-59-56-53-50-48-46-43-32-30-28-26-23-20-17-14-11-8-5-2/h21-26,29-32,74H,4-20,27-28,33-73H2,1-3H3/b24-21-,25-22-,26-23-,31-29-,32-30-. The van der Waals surface area contributed by atoms with Crippen LogP contribution in [-0.4, -0.2) is 37.2 Å². The zero-order chi connectivity index (χ0) is 59.9. The van der Waals surface area contributed by atoms with Crippen LogP contribution in [0.25, 0.3) is 0 Å². The number of unbranched alkanes of at least 4 members (excludes halogenated alkanes) is 47. The second kappa shape index (κ2) is 71.6. The van der Waals surface area contributed by atoms with E-state index >= 15 is 0 Å². The van der Waals surface area contributed by atoms with Crippen LogP contribution in [0.1, 0.15) is 393 Å². The van der Waals surface area contributed by atoms with Crippen LogP contribution in [0.2, 0.25) is 0 Å². The lowest BCUT2D eigenvalue weighted by atomic mass is 10.0. The van der Waals surface area contributed by atoms with Crippen LogP contribution in [0.3, 0.4) is 0 Å². The Balaban J connectivity index is 4.19. The first kappa shape index (κ1) is 80.1. The molecule has 1 unspecified atom stereocenters. The van der Waals surface area contributed by atoms with Gasteiger partial charge in [0.05, 0.1) is 0 Å². The van der Waals surface area contributed by atoms with Crippen LogP contribution >= 0.6 is 0 Å². The lowest BCUT2D eigenvalue weighted by molar-refractivity contribution is -0.167. The predicted molar refractivity (Wildman–Crippen MR) is 362 cm³/mol. The number of allylic oxidation sites excluding steroid dienone is 10. The van der Waals surface area contributed by atoms with Gasteiger partial charge in [0.2, 0.25) is 0 Å². The molecule has 0 N–H and O–H groups in total. The second-order valence-electron chi connectivity index (χ2n) is 24.8. The van der Waals surface area contributed by atoms with E-state index < -0.39 is 6.10 Å². The van der Waals surface area contributed by atoms with Crippen molar-refractivity contribution in [1.29, 1.82) is 0 Å². The van der Waals surface area contributed by atoms with E-state index in [-0.39, 0.29) is 31.1 Å². The fraction of sp³-hybridized carbons (Fsp3) is 0.831. The molecule has 0 aliphatic rings. The van der Waals surface area contributed by atoms with Gasteiger partial charge < -0.3 is 14.2 Å². The Kier molecular flexibility index (Phi) is 69.1. The number of ether oxygens (including phenoxy) is 3. The molecule has 0 bridgehead atoms. The van der Waals surface area contributed by atoms with Crippen LogP contribution in [-0.2, 0) is 28.6 Å². The molecule has 0 amide bonds.